The Labute approximate surface area is 135 Å². The van der Waals surface area contributed by atoms with Gasteiger partial charge in [0.25, 0.3) is 0 Å². The van der Waals surface area contributed by atoms with Crippen molar-refractivity contribution >= 4 is 29.1 Å². The summed E-state index contributed by atoms with van der Waals surface area (Å²) in [5, 5.41) is 5.87. The van der Waals surface area contributed by atoms with Gasteiger partial charge in [0.15, 0.2) is 5.76 Å². The number of hydrogen-bond acceptors (Lipinski definition) is 7. The van der Waals surface area contributed by atoms with Crippen molar-refractivity contribution < 1.29 is 14.1 Å². The summed E-state index contributed by atoms with van der Waals surface area (Å²) in [5.41, 5.74) is 0.602. The number of rotatable bonds is 6. The van der Waals surface area contributed by atoms with E-state index in [-0.39, 0.29) is 18.3 Å². The molecule has 0 spiro atoms. The van der Waals surface area contributed by atoms with Crippen LogP contribution in [-0.4, -0.2) is 21.9 Å². The molecule has 7 heteroatoms. The second kappa shape index (κ2) is 7.24. The minimum atomic E-state index is -0.289. The first-order chi connectivity index (χ1) is 10.8. The van der Waals surface area contributed by atoms with E-state index in [2.05, 4.69) is 10.1 Å². The minimum absolute atomic E-state index is 0.116. The molecule has 3 aromatic heterocycles. The fourth-order valence-electron chi connectivity index (χ4n) is 1.69. The Hall–Kier alpha value is -2.12. The molecule has 22 heavy (non-hydrogen) atoms. The number of thiophene rings is 1. The van der Waals surface area contributed by atoms with Crippen molar-refractivity contribution in [1.82, 2.24) is 10.1 Å². The monoisotopic (exact) mass is 332 g/mol. The Kier molecular flexibility index (Phi) is 4.87. The summed E-state index contributed by atoms with van der Waals surface area (Å²) in [6, 6.07) is 9.38. The van der Waals surface area contributed by atoms with Gasteiger partial charge in [0.05, 0.1) is 10.6 Å². The SMILES string of the molecule is O=C(CSc1ccncc1)OCc1cc(-c2cccs2)on1. The Balaban J connectivity index is 1.47. The first-order valence-electron chi connectivity index (χ1n) is 6.49. The van der Waals surface area contributed by atoms with Crippen LogP contribution in [0.25, 0.3) is 10.6 Å². The van der Waals surface area contributed by atoms with Gasteiger partial charge in [-0.15, -0.1) is 23.1 Å². The van der Waals surface area contributed by atoms with E-state index in [4.69, 9.17) is 9.26 Å². The van der Waals surface area contributed by atoms with Crippen LogP contribution in [0, 0.1) is 0 Å². The molecule has 0 bridgehead atoms. The van der Waals surface area contributed by atoms with Crippen LogP contribution in [0.4, 0.5) is 0 Å². The lowest BCUT2D eigenvalue weighted by Crippen LogP contribution is -2.07. The first-order valence-corrected chi connectivity index (χ1v) is 8.36. The van der Waals surface area contributed by atoms with Crippen LogP contribution in [0.2, 0.25) is 0 Å². The molecule has 0 aliphatic carbocycles. The topological polar surface area (TPSA) is 65.2 Å². The van der Waals surface area contributed by atoms with Crippen LogP contribution >= 0.6 is 23.1 Å². The summed E-state index contributed by atoms with van der Waals surface area (Å²) >= 11 is 2.98. The predicted octanol–water partition coefficient (Wildman–Crippen LogP) is 3.63. The lowest BCUT2D eigenvalue weighted by molar-refractivity contribution is -0.141. The van der Waals surface area contributed by atoms with Gasteiger partial charge in [-0.2, -0.15) is 0 Å². The van der Waals surface area contributed by atoms with Crippen LogP contribution in [0.15, 0.2) is 57.5 Å². The van der Waals surface area contributed by atoms with Gasteiger partial charge in [0.1, 0.15) is 12.3 Å². The Morgan fingerprint density at radius 2 is 2.18 bits per heavy atom. The third kappa shape index (κ3) is 3.96. The number of carbonyl (C=O) groups excluding carboxylic acids is 1. The first kappa shape index (κ1) is 14.8. The molecule has 0 aromatic carbocycles. The lowest BCUT2D eigenvalue weighted by atomic mass is 10.3. The summed E-state index contributed by atoms with van der Waals surface area (Å²) in [4.78, 5) is 17.6. The zero-order chi connectivity index (χ0) is 15.2. The number of esters is 1. The summed E-state index contributed by atoms with van der Waals surface area (Å²) in [7, 11) is 0. The van der Waals surface area contributed by atoms with E-state index >= 15 is 0 Å². The molecule has 0 amide bonds. The van der Waals surface area contributed by atoms with Crippen LogP contribution in [0.1, 0.15) is 5.69 Å². The maximum absolute atomic E-state index is 11.7. The maximum Gasteiger partial charge on any atom is 0.316 e. The van der Waals surface area contributed by atoms with E-state index in [1.54, 1.807) is 29.8 Å². The number of ether oxygens (including phenoxy) is 1. The van der Waals surface area contributed by atoms with Gasteiger partial charge < -0.3 is 9.26 Å². The van der Waals surface area contributed by atoms with Gasteiger partial charge in [0, 0.05) is 23.4 Å². The van der Waals surface area contributed by atoms with Crippen molar-refractivity contribution in [2.75, 3.05) is 5.75 Å². The average molecular weight is 332 g/mol. The van der Waals surface area contributed by atoms with Crippen molar-refractivity contribution in [1.29, 1.82) is 0 Å². The van der Waals surface area contributed by atoms with E-state index in [1.165, 1.54) is 11.8 Å². The molecule has 0 aliphatic heterocycles. The molecular weight excluding hydrogens is 320 g/mol. The number of aromatic nitrogens is 2. The van der Waals surface area contributed by atoms with Crippen molar-refractivity contribution in [3.8, 4) is 10.6 Å². The summed E-state index contributed by atoms with van der Waals surface area (Å²) < 4.78 is 10.4. The highest BCUT2D eigenvalue weighted by atomic mass is 32.2. The molecule has 0 N–H and O–H groups in total. The smallest absolute Gasteiger partial charge is 0.316 e. The van der Waals surface area contributed by atoms with E-state index in [1.807, 2.05) is 29.6 Å². The minimum Gasteiger partial charge on any atom is -0.458 e. The fraction of sp³-hybridized carbons (Fsp3) is 0.133. The molecule has 0 saturated carbocycles. The summed E-state index contributed by atoms with van der Waals surface area (Å²) in [5.74, 6) is 0.648. The molecule has 0 fully saturated rings. The van der Waals surface area contributed by atoms with Crippen LogP contribution in [-0.2, 0) is 16.1 Å². The summed E-state index contributed by atoms with van der Waals surface area (Å²) in [6.07, 6.45) is 3.38. The van der Waals surface area contributed by atoms with Gasteiger partial charge >= 0.3 is 5.97 Å². The molecule has 0 saturated heterocycles. The normalized spacial score (nSPS) is 10.5. The van der Waals surface area contributed by atoms with Crippen LogP contribution in [0.5, 0.6) is 0 Å². The Bertz CT molecular complexity index is 726. The van der Waals surface area contributed by atoms with E-state index < -0.39 is 0 Å². The highest BCUT2D eigenvalue weighted by molar-refractivity contribution is 8.00. The predicted molar refractivity (Wildman–Crippen MR) is 84.6 cm³/mol. The molecule has 3 heterocycles. The van der Waals surface area contributed by atoms with Crippen molar-refractivity contribution in [3.05, 3.63) is 53.8 Å². The van der Waals surface area contributed by atoms with Gasteiger partial charge in [-0.3, -0.25) is 9.78 Å². The molecule has 0 aliphatic rings. The molecule has 0 unspecified atom stereocenters. The van der Waals surface area contributed by atoms with Crippen molar-refractivity contribution in [2.24, 2.45) is 0 Å². The number of hydrogen-bond donors (Lipinski definition) is 0. The largest absolute Gasteiger partial charge is 0.458 e. The molecule has 0 atom stereocenters. The maximum atomic E-state index is 11.7. The quantitative estimate of drug-likeness (QED) is 0.507. The number of nitrogens with zero attached hydrogens (tertiary/aromatic N) is 2. The van der Waals surface area contributed by atoms with E-state index in [0.717, 1.165) is 9.77 Å². The van der Waals surface area contributed by atoms with Crippen molar-refractivity contribution in [3.63, 3.8) is 0 Å². The van der Waals surface area contributed by atoms with Crippen LogP contribution < -0.4 is 0 Å². The summed E-state index contributed by atoms with van der Waals surface area (Å²) in [6.45, 7) is 0.116. The lowest BCUT2D eigenvalue weighted by Gasteiger charge is -2.02. The molecule has 3 aromatic rings. The Morgan fingerprint density at radius 3 is 2.95 bits per heavy atom. The molecule has 3 rings (SSSR count). The standard InChI is InChI=1S/C15H12N2O3S2/c18-15(10-22-12-3-5-16-6-4-12)19-9-11-8-13(20-17-11)14-2-1-7-21-14/h1-8H,9-10H2. The molecule has 0 radical (unpaired) electrons. The van der Waals surface area contributed by atoms with Crippen molar-refractivity contribution in [2.45, 2.75) is 11.5 Å². The van der Waals surface area contributed by atoms with Gasteiger partial charge in [-0.1, -0.05) is 11.2 Å². The third-order valence-corrected chi connectivity index (χ3v) is 4.58. The van der Waals surface area contributed by atoms with Gasteiger partial charge in [-0.05, 0) is 23.6 Å². The molecule has 112 valence electrons. The second-order valence-electron chi connectivity index (χ2n) is 4.29. The zero-order valence-electron chi connectivity index (χ0n) is 11.5. The van der Waals surface area contributed by atoms with E-state index in [9.17, 15) is 4.79 Å². The Morgan fingerprint density at radius 1 is 1.32 bits per heavy atom. The third-order valence-electron chi connectivity index (χ3n) is 2.71. The van der Waals surface area contributed by atoms with E-state index in [0.29, 0.717) is 11.5 Å². The number of thioether (sulfide) groups is 1. The van der Waals surface area contributed by atoms with Gasteiger partial charge in [-0.25, -0.2) is 0 Å². The number of carbonyl (C=O) groups is 1. The second-order valence-corrected chi connectivity index (χ2v) is 6.29. The highest BCUT2D eigenvalue weighted by Crippen LogP contribution is 2.25. The highest BCUT2D eigenvalue weighted by Gasteiger charge is 2.10. The van der Waals surface area contributed by atoms with Gasteiger partial charge in [0.2, 0.25) is 0 Å². The average Bonchev–Trinajstić information content (AvgIpc) is 3.22. The number of pyridine rings is 1. The fourth-order valence-corrected chi connectivity index (χ4v) is 3.04. The van der Waals surface area contributed by atoms with Crippen LogP contribution in [0.3, 0.4) is 0 Å². The molecular formula is C15H12N2O3S2. The molecule has 5 nitrogen and oxygen atoms in total. The zero-order valence-corrected chi connectivity index (χ0v) is 13.1.